The van der Waals surface area contributed by atoms with Gasteiger partial charge in [-0.15, -0.1) is 0 Å². The molecule has 0 radical (unpaired) electrons. The first-order chi connectivity index (χ1) is 11.5. The van der Waals surface area contributed by atoms with Gasteiger partial charge in [0.1, 0.15) is 11.6 Å². The molecule has 0 aromatic heterocycles. The summed E-state index contributed by atoms with van der Waals surface area (Å²) in [6.07, 6.45) is 2.42. The van der Waals surface area contributed by atoms with Crippen LogP contribution in [0, 0.1) is 23.3 Å². The number of hydrogen-bond donors (Lipinski definition) is 0. The van der Waals surface area contributed by atoms with E-state index < -0.39 is 23.3 Å². The van der Waals surface area contributed by atoms with Crippen LogP contribution in [0.4, 0.5) is 17.6 Å². The molecule has 0 amide bonds. The van der Waals surface area contributed by atoms with Crippen LogP contribution in [0.2, 0.25) is 0 Å². The summed E-state index contributed by atoms with van der Waals surface area (Å²) in [5.74, 6) is -3.21. The summed E-state index contributed by atoms with van der Waals surface area (Å²) >= 11 is 0. The zero-order chi connectivity index (χ0) is 17.3. The summed E-state index contributed by atoms with van der Waals surface area (Å²) in [6.45, 7) is 2.01. The molecule has 0 atom stereocenters. The van der Waals surface area contributed by atoms with E-state index in [1.165, 1.54) is 36.4 Å². The Bertz CT molecular complexity index is 877. The van der Waals surface area contributed by atoms with Gasteiger partial charge in [0.2, 0.25) is 0 Å². The summed E-state index contributed by atoms with van der Waals surface area (Å²) in [5.41, 5.74) is 0.761. The number of rotatable bonds is 4. The summed E-state index contributed by atoms with van der Waals surface area (Å²) in [6, 6.07) is 9.27. The molecule has 3 aromatic rings. The maximum Gasteiger partial charge on any atom is 0.166 e. The molecule has 0 nitrogen and oxygen atoms in total. The van der Waals surface area contributed by atoms with Crippen LogP contribution < -0.4 is 0 Å². The number of unbranched alkanes of at least 4 members (excludes halogenated alkanes) is 1. The van der Waals surface area contributed by atoms with E-state index in [-0.39, 0.29) is 10.9 Å². The first kappa shape index (κ1) is 16.5. The molecule has 0 fully saturated rings. The highest BCUT2D eigenvalue weighted by Gasteiger charge is 2.15. The molecule has 0 aliphatic heterocycles. The Kier molecular flexibility index (Phi) is 4.56. The van der Waals surface area contributed by atoms with Crippen LogP contribution in [0.3, 0.4) is 0 Å². The molecule has 0 bridgehead atoms. The van der Waals surface area contributed by atoms with Crippen molar-refractivity contribution < 1.29 is 17.6 Å². The van der Waals surface area contributed by atoms with E-state index in [9.17, 15) is 17.6 Å². The van der Waals surface area contributed by atoms with Crippen LogP contribution in [-0.2, 0) is 6.42 Å². The third-order valence-electron chi connectivity index (χ3n) is 4.12. The Morgan fingerprint density at radius 2 is 1.50 bits per heavy atom. The number of benzene rings is 3. The van der Waals surface area contributed by atoms with Gasteiger partial charge in [-0.05, 0) is 53.6 Å². The molecular formula is C20H16F4. The number of halogens is 4. The maximum absolute atomic E-state index is 14.4. The predicted molar refractivity (Wildman–Crippen MR) is 87.8 cm³/mol. The van der Waals surface area contributed by atoms with Crippen molar-refractivity contribution >= 4 is 10.8 Å². The molecule has 3 rings (SSSR count). The molecule has 0 aliphatic rings. The molecule has 3 aromatic carbocycles. The van der Waals surface area contributed by atoms with E-state index in [0.717, 1.165) is 18.9 Å². The van der Waals surface area contributed by atoms with Gasteiger partial charge in [0.05, 0.1) is 5.56 Å². The number of hydrogen-bond acceptors (Lipinski definition) is 0. The van der Waals surface area contributed by atoms with Crippen molar-refractivity contribution in [3.8, 4) is 11.1 Å². The Hall–Kier alpha value is -2.36. The molecule has 0 heterocycles. The first-order valence-electron chi connectivity index (χ1n) is 7.87. The number of fused-ring (bicyclic) bond motifs is 1. The minimum atomic E-state index is -0.963. The molecular weight excluding hydrogens is 316 g/mol. The number of aryl methyl sites for hydroxylation is 1. The van der Waals surface area contributed by atoms with Crippen molar-refractivity contribution in [2.75, 3.05) is 0 Å². The second-order valence-corrected chi connectivity index (χ2v) is 5.84. The van der Waals surface area contributed by atoms with Gasteiger partial charge in [-0.25, -0.2) is 17.6 Å². The fourth-order valence-electron chi connectivity index (χ4n) is 2.85. The van der Waals surface area contributed by atoms with Crippen molar-refractivity contribution in [2.45, 2.75) is 26.2 Å². The summed E-state index contributed by atoms with van der Waals surface area (Å²) in [4.78, 5) is 0. The monoisotopic (exact) mass is 332 g/mol. The quantitative estimate of drug-likeness (QED) is 0.485. The van der Waals surface area contributed by atoms with Crippen LogP contribution in [0.15, 0.2) is 42.5 Å². The summed E-state index contributed by atoms with van der Waals surface area (Å²) in [5, 5.41) is 0.472. The van der Waals surface area contributed by atoms with Crippen LogP contribution in [-0.4, -0.2) is 0 Å². The van der Waals surface area contributed by atoms with Crippen molar-refractivity contribution in [2.24, 2.45) is 0 Å². The highest BCUT2D eigenvalue weighted by Crippen LogP contribution is 2.31. The maximum atomic E-state index is 14.4. The van der Waals surface area contributed by atoms with Crippen LogP contribution >= 0.6 is 0 Å². The lowest BCUT2D eigenvalue weighted by Crippen LogP contribution is -1.95. The minimum absolute atomic E-state index is 0.0825. The highest BCUT2D eigenvalue weighted by molar-refractivity contribution is 5.88. The SMILES string of the molecule is CCCCc1cc(F)c(-c2ccc3c(F)c(F)ccc3c2)c(F)c1. The normalized spacial score (nSPS) is 11.2. The van der Waals surface area contributed by atoms with E-state index in [1.807, 2.05) is 6.92 Å². The van der Waals surface area contributed by atoms with Gasteiger partial charge < -0.3 is 0 Å². The van der Waals surface area contributed by atoms with Gasteiger partial charge in [-0.3, -0.25) is 0 Å². The lowest BCUT2D eigenvalue weighted by molar-refractivity contribution is 0.517. The molecule has 4 heteroatoms. The van der Waals surface area contributed by atoms with Gasteiger partial charge in [-0.2, -0.15) is 0 Å². The summed E-state index contributed by atoms with van der Waals surface area (Å²) < 4.78 is 55.8. The second kappa shape index (κ2) is 6.63. The van der Waals surface area contributed by atoms with Gasteiger partial charge >= 0.3 is 0 Å². The molecule has 24 heavy (non-hydrogen) atoms. The predicted octanol–water partition coefficient (Wildman–Crippen LogP) is 6.41. The molecule has 0 saturated heterocycles. The lowest BCUT2D eigenvalue weighted by atomic mass is 9.97. The molecule has 124 valence electrons. The minimum Gasteiger partial charge on any atom is -0.206 e. The second-order valence-electron chi connectivity index (χ2n) is 5.84. The van der Waals surface area contributed by atoms with Gasteiger partial charge in [0, 0.05) is 5.39 Å². The first-order valence-corrected chi connectivity index (χ1v) is 7.87. The third-order valence-corrected chi connectivity index (χ3v) is 4.12. The van der Waals surface area contributed by atoms with Crippen LogP contribution in [0.25, 0.3) is 21.9 Å². The average Bonchev–Trinajstić information content (AvgIpc) is 2.56. The fourth-order valence-corrected chi connectivity index (χ4v) is 2.85. The van der Waals surface area contributed by atoms with E-state index >= 15 is 0 Å². The van der Waals surface area contributed by atoms with Crippen molar-refractivity contribution in [3.63, 3.8) is 0 Å². The average molecular weight is 332 g/mol. The molecule has 0 saturated carbocycles. The topological polar surface area (TPSA) is 0 Å². The molecule has 0 spiro atoms. The Balaban J connectivity index is 2.08. The standard InChI is InChI=1S/C20H16F4/c1-2-3-4-12-9-17(22)19(18(23)10-12)14-5-7-15-13(11-14)6-8-16(21)20(15)24/h5-11H,2-4H2,1H3. The molecule has 0 aliphatic carbocycles. The van der Waals surface area contributed by atoms with Crippen LogP contribution in [0.1, 0.15) is 25.3 Å². The summed E-state index contributed by atoms with van der Waals surface area (Å²) in [7, 11) is 0. The Morgan fingerprint density at radius 3 is 2.17 bits per heavy atom. The lowest BCUT2D eigenvalue weighted by Gasteiger charge is -2.10. The molecule has 0 N–H and O–H groups in total. The van der Waals surface area contributed by atoms with E-state index in [2.05, 4.69) is 0 Å². The van der Waals surface area contributed by atoms with Gasteiger partial charge in [-0.1, -0.05) is 31.5 Å². The van der Waals surface area contributed by atoms with E-state index in [4.69, 9.17) is 0 Å². The van der Waals surface area contributed by atoms with Gasteiger partial charge in [0.25, 0.3) is 0 Å². The highest BCUT2D eigenvalue weighted by atomic mass is 19.2. The van der Waals surface area contributed by atoms with E-state index in [0.29, 0.717) is 22.9 Å². The largest absolute Gasteiger partial charge is 0.206 e. The Labute approximate surface area is 137 Å². The van der Waals surface area contributed by atoms with Crippen molar-refractivity contribution in [1.29, 1.82) is 0 Å². The van der Waals surface area contributed by atoms with Gasteiger partial charge in [0.15, 0.2) is 11.6 Å². The van der Waals surface area contributed by atoms with Crippen molar-refractivity contribution in [1.82, 2.24) is 0 Å². The fraction of sp³-hybridized carbons (Fsp3) is 0.200. The molecule has 0 unspecified atom stereocenters. The zero-order valence-electron chi connectivity index (χ0n) is 13.2. The zero-order valence-corrected chi connectivity index (χ0v) is 13.2. The van der Waals surface area contributed by atoms with E-state index in [1.54, 1.807) is 0 Å². The smallest absolute Gasteiger partial charge is 0.166 e. The third kappa shape index (κ3) is 3.01. The van der Waals surface area contributed by atoms with Crippen molar-refractivity contribution in [3.05, 3.63) is 71.3 Å². The van der Waals surface area contributed by atoms with Crippen LogP contribution in [0.5, 0.6) is 0 Å². The Morgan fingerprint density at radius 1 is 0.792 bits per heavy atom.